The molecule has 0 unspecified atom stereocenters. The number of hydrazone groups is 1. The van der Waals surface area contributed by atoms with Crippen molar-refractivity contribution in [2.45, 2.75) is 44.3 Å². The standard InChI is InChI=1S/C22H28N2O2S/c1-16(2)13-14-26-20-9-7-19(8-10-20)15-23-24-22(25)18(4)27-21-11-5-17(3)6-12-21/h5-12,15-16,18H,13-14H2,1-4H3,(H,24,25)/b23-15-/t18-/m1/s1. The van der Waals surface area contributed by atoms with E-state index in [1.54, 1.807) is 6.21 Å². The molecule has 5 heteroatoms. The average Bonchev–Trinajstić information content (AvgIpc) is 2.64. The predicted octanol–water partition coefficient (Wildman–Crippen LogP) is 5.05. The summed E-state index contributed by atoms with van der Waals surface area (Å²) in [4.78, 5) is 13.2. The number of hydrogen-bond donors (Lipinski definition) is 1. The molecule has 0 spiro atoms. The molecule has 144 valence electrons. The first kappa shape index (κ1) is 21.0. The predicted molar refractivity (Wildman–Crippen MR) is 114 cm³/mol. The van der Waals surface area contributed by atoms with Gasteiger partial charge in [-0.3, -0.25) is 4.79 Å². The maximum atomic E-state index is 12.2. The van der Waals surface area contributed by atoms with Crippen LogP contribution in [-0.2, 0) is 4.79 Å². The fraction of sp³-hybridized carbons (Fsp3) is 0.364. The van der Waals surface area contributed by atoms with Crippen LogP contribution in [0.5, 0.6) is 5.75 Å². The van der Waals surface area contributed by atoms with Crippen LogP contribution in [0.2, 0.25) is 0 Å². The van der Waals surface area contributed by atoms with Crippen molar-refractivity contribution < 1.29 is 9.53 Å². The minimum absolute atomic E-state index is 0.120. The molecule has 0 aliphatic heterocycles. The maximum absolute atomic E-state index is 12.2. The number of hydrogen-bond acceptors (Lipinski definition) is 4. The van der Waals surface area contributed by atoms with Crippen molar-refractivity contribution in [1.29, 1.82) is 0 Å². The molecule has 27 heavy (non-hydrogen) atoms. The van der Waals surface area contributed by atoms with Crippen LogP contribution >= 0.6 is 11.8 Å². The zero-order chi connectivity index (χ0) is 19.6. The minimum Gasteiger partial charge on any atom is -0.494 e. The fourth-order valence-corrected chi connectivity index (χ4v) is 3.06. The highest BCUT2D eigenvalue weighted by Gasteiger charge is 2.13. The SMILES string of the molecule is Cc1ccc(S[C@H](C)C(=O)N/N=C\c2ccc(OCCC(C)C)cc2)cc1. The number of aryl methyl sites for hydroxylation is 1. The molecule has 0 bridgehead atoms. The molecular formula is C22H28N2O2S. The number of amides is 1. The number of benzene rings is 2. The van der Waals surface area contributed by atoms with Crippen LogP contribution in [0.3, 0.4) is 0 Å². The Balaban J connectivity index is 1.78. The molecule has 2 aromatic rings. The number of ether oxygens (including phenoxy) is 1. The third-order valence-corrected chi connectivity index (χ3v) is 5.05. The molecule has 0 fully saturated rings. The molecule has 0 aromatic heterocycles. The van der Waals surface area contributed by atoms with Crippen molar-refractivity contribution in [1.82, 2.24) is 5.43 Å². The second-order valence-electron chi connectivity index (χ2n) is 6.91. The number of thioether (sulfide) groups is 1. The van der Waals surface area contributed by atoms with Gasteiger partial charge in [0, 0.05) is 4.90 Å². The highest BCUT2D eigenvalue weighted by atomic mass is 32.2. The molecule has 0 saturated carbocycles. The summed E-state index contributed by atoms with van der Waals surface area (Å²) in [6.07, 6.45) is 2.67. The molecule has 2 rings (SSSR count). The van der Waals surface area contributed by atoms with E-state index >= 15 is 0 Å². The van der Waals surface area contributed by atoms with Crippen molar-refractivity contribution in [3.05, 3.63) is 59.7 Å². The van der Waals surface area contributed by atoms with E-state index in [0.717, 1.165) is 29.2 Å². The van der Waals surface area contributed by atoms with E-state index in [1.807, 2.05) is 62.4 Å². The third-order valence-electron chi connectivity index (χ3n) is 3.94. The van der Waals surface area contributed by atoms with E-state index in [-0.39, 0.29) is 11.2 Å². The van der Waals surface area contributed by atoms with Crippen molar-refractivity contribution in [2.24, 2.45) is 11.0 Å². The van der Waals surface area contributed by atoms with Gasteiger partial charge < -0.3 is 4.74 Å². The quantitative estimate of drug-likeness (QED) is 0.374. The van der Waals surface area contributed by atoms with E-state index < -0.39 is 0 Å². The molecular weight excluding hydrogens is 356 g/mol. The molecule has 0 saturated heterocycles. The van der Waals surface area contributed by atoms with Crippen LogP contribution in [-0.4, -0.2) is 24.0 Å². The monoisotopic (exact) mass is 384 g/mol. The largest absolute Gasteiger partial charge is 0.494 e. The van der Waals surface area contributed by atoms with Gasteiger partial charge in [0.05, 0.1) is 18.1 Å². The Morgan fingerprint density at radius 3 is 2.41 bits per heavy atom. The molecule has 0 aliphatic rings. The lowest BCUT2D eigenvalue weighted by molar-refractivity contribution is -0.120. The molecule has 0 heterocycles. The minimum atomic E-state index is -0.221. The van der Waals surface area contributed by atoms with Gasteiger partial charge in [0.2, 0.25) is 0 Å². The summed E-state index contributed by atoms with van der Waals surface area (Å²) in [6.45, 7) is 8.99. The maximum Gasteiger partial charge on any atom is 0.253 e. The van der Waals surface area contributed by atoms with Gasteiger partial charge in [0.1, 0.15) is 5.75 Å². The van der Waals surface area contributed by atoms with Crippen LogP contribution in [0, 0.1) is 12.8 Å². The molecule has 4 nitrogen and oxygen atoms in total. The zero-order valence-corrected chi connectivity index (χ0v) is 17.3. The molecule has 1 N–H and O–H groups in total. The summed E-state index contributed by atoms with van der Waals surface area (Å²) in [5.74, 6) is 1.36. The van der Waals surface area contributed by atoms with Gasteiger partial charge in [-0.25, -0.2) is 5.43 Å². The zero-order valence-electron chi connectivity index (χ0n) is 16.4. The number of carbonyl (C=O) groups is 1. The molecule has 0 aliphatic carbocycles. The normalized spacial score (nSPS) is 12.3. The lowest BCUT2D eigenvalue weighted by atomic mass is 10.1. The number of nitrogens with zero attached hydrogens (tertiary/aromatic N) is 1. The lowest BCUT2D eigenvalue weighted by Crippen LogP contribution is -2.26. The Morgan fingerprint density at radius 1 is 1.11 bits per heavy atom. The summed E-state index contributed by atoms with van der Waals surface area (Å²) in [5.41, 5.74) is 4.72. The van der Waals surface area contributed by atoms with Gasteiger partial charge in [-0.1, -0.05) is 31.5 Å². The molecule has 0 radical (unpaired) electrons. The second kappa shape index (κ2) is 10.8. The Labute approximate surface area is 166 Å². The molecule has 2 aromatic carbocycles. The first-order valence-corrected chi connectivity index (χ1v) is 10.1. The van der Waals surface area contributed by atoms with Gasteiger partial charge in [0.15, 0.2) is 0 Å². The first-order valence-electron chi connectivity index (χ1n) is 9.23. The number of nitrogens with one attached hydrogen (secondary N) is 1. The topological polar surface area (TPSA) is 50.7 Å². The van der Waals surface area contributed by atoms with Crippen molar-refractivity contribution in [3.8, 4) is 5.75 Å². The van der Waals surface area contributed by atoms with Gasteiger partial charge in [-0.2, -0.15) is 5.10 Å². The Morgan fingerprint density at radius 2 is 1.78 bits per heavy atom. The first-order chi connectivity index (χ1) is 12.9. The smallest absolute Gasteiger partial charge is 0.253 e. The van der Waals surface area contributed by atoms with Crippen LogP contribution in [0.4, 0.5) is 0 Å². The van der Waals surface area contributed by atoms with E-state index in [4.69, 9.17) is 4.74 Å². The van der Waals surface area contributed by atoms with Gasteiger partial charge >= 0.3 is 0 Å². The fourth-order valence-electron chi connectivity index (χ4n) is 2.20. The van der Waals surface area contributed by atoms with Crippen molar-refractivity contribution in [2.75, 3.05) is 6.61 Å². The molecule has 1 atom stereocenters. The van der Waals surface area contributed by atoms with Crippen LogP contribution in [0.1, 0.15) is 38.3 Å². The highest BCUT2D eigenvalue weighted by molar-refractivity contribution is 8.00. The average molecular weight is 385 g/mol. The van der Waals surface area contributed by atoms with Gasteiger partial charge in [0.25, 0.3) is 5.91 Å². The lowest BCUT2D eigenvalue weighted by Gasteiger charge is -2.09. The summed E-state index contributed by atoms with van der Waals surface area (Å²) >= 11 is 1.52. The number of carbonyl (C=O) groups excluding carboxylic acids is 1. The number of rotatable bonds is 9. The summed E-state index contributed by atoms with van der Waals surface area (Å²) < 4.78 is 5.69. The third kappa shape index (κ3) is 7.87. The Kier molecular flexibility index (Phi) is 8.40. The summed E-state index contributed by atoms with van der Waals surface area (Å²) in [5, 5.41) is 3.83. The van der Waals surface area contributed by atoms with Crippen LogP contribution < -0.4 is 10.2 Å². The Bertz CT molecular complexity index is 740. The van der Waals surface area contributed by atoms with E-state index in [1.165, 1.54) is 17.3 Å². The van der Waals surface area contributed by atoms with Crippen LogP contribution in [0.25, 0.3) is 0 Å². The van der Waals surface area contributed by atoms with E-state index in [2.05, 4.69) is 24.4 Å². The van der Waals surface area contributed by atoms with Crippen LogP contribution in [0.15, 0.2) is 58.5 Å². The summed E-state index contributed by atoms with van der Waals surface area (Å²) in [6, 6.07) is 15.8. The van der Waals surface area contributed by atoms with E-state index in [0.29, 0.717) is 5.92 Å². The van der Waals surface area contributed by atoms with E-state index in [9.17, 15) is 4.79 Å². The Hall–Kier alpha value is -2.27. The van der Waals surface area contributed by atoms with Gasteiger partial charge in [-0.15, -0.1) is 11.8 Å². The second-order valence-corrected chi connectivity index (χ2v) is 8.32. The van der Waals surface area contributed by atoms with Gasteiger partial charge in [-0.05, 0) is 68.1 Å². The summed E-state index contributed by atoms with van der Waals surface area (Å²) in [7, 11) is 0. The molecule has 1 amide bonds. The highest BCUT2D eigenvalue weighted by Crippen LogP contribution is 2.23. The van der Waals surface area contributed by atoms with Crippen molar-refractivity contribution in [3.63, 3.8) is 0 Å². The van der Waals surface area contributed by atoms with Crippen molar-refractivity contribution >= 4 is 23.9 Å².